The van der Waals surface area contributed by atoms with Crippen LogP contribution in [0.2, 0.25) is 5.02 Å². The smallest absolute Gasteiger partial charge is 0.410 e. The Hall–Kier alpha value is -6.24. The molecule has 7 rings (SSSR count). The topological polar surface area (TPSA) is 190 Å². The minimum Gasteiger partial charge on any atom is -0.483 e. The predicted octanol–water partition coefficient (Wildman–Crippen LogP) is 9.80. The summed E-state index contributed by atoms with van der Waals surface area (Å²) in [4.78, 5) is 50.6. The van der Waals surface area contributed by atoms with Crippen LogP contribution in [0.3, 0.4) is 0 Å². The van der Waals surface area contributed by atoms with Gasteiger partial charge in [-0.2, -0.15) is 0 Å². The van der Waals surface area contributed by atoms with E-state index in [1.165, 1.54) is 33.9 Å². The Balaban J connectivity index is 1.06. The summed E-state index contributed by atoms with van der Waals surface area (Å²) in [5.74, 6) is -0.594. The molecular weight excluding hydrogens is 917 g/mol. The molecule has 2 aromatic heterocycles. The van der Waals surface area contributed by atoms with Crippen molar-refractivity contribution >= 4 is 61.6 Å². The number of hydrogen-bond acceptors (Lipinski definition) is 12. The van der Waals surface area contributed by atoms with Crippen molar-refractivity contribution in [3.05, 3.63) is 117 Å². The number of H-pyrrole nitrogens is 1. The van der Waals surface area contributed by atoms with E-state index in [0.717, 1.165) is 55.3 Å². The number of aromatic nitrogens is 2. The van der Waals surface area contributed by atoms with Crippen LogP contribution < -0.4 is 19.1 Å². The molecule has 5 aromatic rings. The van der Waals surface area contributed by atoms with E-state index in [0.29, 0.717) is 35.4 Å². The number of hydrogen-bond donors (Lipinski definition) is 2. The van der Waals surface area contributed by atoms with E-state index >= 15 is 4.39 Å². The number of carbonyl (C=O) groups excluding carboxylic acids is 2. The number of benzene rings is 3. The van der Waals surface area contributed by atoms with E-state index in [4.69, 9.17) is 25.8 Å². The second-order valence-corrected chi connectivity index (χ2v) is 20.8. The lowest BCUT2D eigenvalue weighted by molar-refractivity contribution is -0.386. The molecule has 2 saturated heterocycles. The summed E-state index contributed by atoms with van der Waals surface area (Å²) in [5, 5.41) is 13.6. The number of rotatable bonds is 15. The molecule has 2 amide bonds. The highest BCUT2D eigenvalue weighted by atomic mass is 35.5. The number of aromatic amines is 1. The van der Waals surface area contributed by atoms with Crippen molar-refractivity contribution in [1.29, 1.82) is 0 Å². The largest absolute Gasteiger partial charge is 0.483 e. The van der Waals surface area contributed by atoms with Crippen molar-refractivity contribution in [2.75, 3.05) is 57.3 Å². The first-order chi connectivity index (χ1) is 32.1. The number of sulfonamides is 1. The van der Waals surface area contributed by atoms with Gasteiger partial charge in [-0.1, -0.05) is 43.2 Å². The van der Waals surface area contributed by atoms with Crippen LogP contribution in [0.25, 0.3) is 16.6 Å². The van der Waals surface area contributed by atoms with Gasteiger partial charge in [0, 0.05) is 93.1 Å². The summed E-state index contributed by atoms with van der Waals surface area (Å²) in [5.41, 5.74) is 1.62. The molecule has 0 atom stereocenters. The fourth-order valence-electron chi connectivity index (χ4n) is 8.21. The van der Waals surface area contributed by atoms with Gasteiger partial charge in [0.2, 0.25) is 0 Å². The van der Waals surface area contributed by atoms with Crippen molar-refractivity contribution in [3.8, 4) is 17.2 Å². The summed E-state index contributed by atoms with van der Waals surface area (Å²) < 4.78 is 62.6. The van der Waals surface area contributed by atoms with Gasteiger partial charge in [0.25, 0.3) is 15.9 Å². The molecule has 0 aliphatic carbocycles. The Morgan fingerprint density at radius 3 is 2.34 bits per heavy atom. The highest BCUT2D eigenvalue weighted by Crippen LogP contribution is 2.36. The number of ether oxygens (including phenoxy) is 3. The fourth-order valence-corrected chi connectivity index (χ4v) is 9.32. The van der Waals surface area contributed by atoms with E-state index in [1.54, 1.807) is 45.2 Å². The Morgan fingerprint density at radius 2 is 1.68 bits per heavy atom. The number of pyridine rings is 1. The number of alkyl halides is 1. The zero-order chi connectivity index (χ0) is 49.0. The molecule has 0 radical (unpaired) electrons. The van der Waals surface area contributed by atoms with Gasteiger partial charge in [0.1, 0.15) is 35.0 Å². The van der Waals surface area contributed by atoms with E-state index < -0.39 is 55.4 Å². The SMILES string of the molecule is C/C(CN1CCN(c2ccc(C(=O)NS(=O)(=O)c3ccc(OCC4(F)CCN(C(=O)OC(C)(C)C)CC4)c([N+](=O)[O-])c3)c(Oc3cnc4[nH]ccc4c3)c2)CC1)=C(\CC(C)C)c1ccc(Cl)cc1. The maximum Gasteiger partial charge on any atom is 0.410 e. The maximum absolute atomic E-state index is 15.8. The molecule has 0 unspecified atom stereocenters. The molecule has 362 valence electrons. The molecule has 2 fully saturated rings. The van der Waals surface area contributed by atoms with Gasteiger partial charge >= 0.3 is 11.8 Å². The van der Waals surface area contributed by atoms with Gasteiger partial charge in [-0.15, -0.1) is 0 Å². The maximum atomic E-state index is 15.8. The lowest BCUT2D eigenvalue weighted by atomic mass is 9.92. The average molecular weight is 975 g/mol. The van der Waals surface area contributed by atoms with Crippen LogP contribution in [0.15, 0.2) is 95.7 Å². The number of fused-ring (bicyclic) bond motifs is 1. The average Bonchev–Trinajstić information content (AvgIpc) is 3.75. The van der Waals surface area contributed by atoms with E-state index in [9.17, 15) is 28.1 Å². The fraction of sp³-hybridized carbons (Fsp3) is 0.408. The van der Waals surface area contributed by atoms with Crippen LogP contribution >= 0.6 is 11.6 Å². The summed E-state index contributed by atoms with van der Waals surface area (Å²) in [6.07, 6.45) is 3.36. The van der Waals surface area contributed by atoms with Crippen molar-refractivity contribution in [2.24, 2.45) is 5.92 Å². The molecule has 2 aliphatic heterocycles. The molecule has 3 aromatic carbocycles. The Labute approximate surface area is 400 Å². The molecule has 4 heterocycles. The molecule has 68 heavy (non-hydrogen) atoms. The lowest BCUT2D eigenvalue weighted by Gasteiger charge is -2.37. The zero-order valence-corrected chi connectivity index (χ0v) is 40.6. The monoisotopic (exact) mass is 973 g/mol. The number of allylic oxidation sites excluding steroid dienone is 1. The van der Waals surface area contributed by atoms with Crippen LogP contribution in [0, 0.1) is 16.0 Å². The van der Waals surface area contributed by atoms with Crippen LogP contribution in [0.5, 0.6) is 17.2 Å². The van der Waals surface area contributed by atoms with Gasteiger partial charge in [-0.3, -0.25) is 19.8 Å². The molecule has 2 aliphatic rings. The first-order valence-corrected chi connectivity index (χ1v) is 24.3. The Bertz CT molecular complexity index is 2800. The van der Waals surface area contributed by atoms with Crippen LogP contribution in [0.1, 0.15) is 76.7 Å². The normalized spacial score (nSPS) is 16.1. The second kappa shape index (κ2) is 20.5. The first kappa shape index (κ1) is 49.7. The van der Waals surface area contributed by atoms with E-state index in [2.05, 4.69) is 52.7 Å². The lowest BCUT2D eigenvalue weighted by Crippen LogP contribution is -2.48. The minimum atomic E-state index is -4.73. The summed E-state index contributed by atoms with van der Waals surface area (Å²) in [6, 6.07) is 19.2. The number of nitro groups is 1. The van der Waals surface area contributed by atoms with Gasteiger partial charge in [-0.25, -0.2) is 27.3 Å². The predicted molar refractivity (Wildman–Crippen MR) is 259 cm³/mol. The highest BCUT2D eigenvalue weighted by Gasteiger charge is 2.39. The quantitative estimate of drug-likeness (QED) is 0.0747. The Kier molecular flexibility index (Phi) is 15.0. The molecule has 19 heteroatoms. The van der Waals surface area contributed by atoms with Crippen molar-refractivity contribution in [1.82, 2.24) is 24.5 Å². The number of likely N-dealkylation sites (tertiary alicyclic amines) is 1. The molecular formula is C49H57ClFN7O9S. The summed E-state index contributed by atoms with van der Waals surface area (Å²) in [6.45, 7) is 14.9. The van der Waals surface area contributed by atoms with Crippen LogP contribution in [0.4, 0.5) is 20.6 Å². The van der Waals surface area contributed by atoms with Gasteiger partial charge in [0.15, 0.2) is 5.75 Å². The van der Waals surface area contributed by atoms with Crippen molar-refractivity contribution in [3.63, 3.8) is 0 Å². The molecule has 16 nitrogen and oxygen atoms in total. The third-order valence-corrected chi connectivity index (χ3v) is 13.4. The van der Waals surface area contributed by atoms with Gasteiger partial charge < -0.3 is 29.0 Å². The van der Waals surface area contributed by atoms with Crippen molar-refractivity contribution in [2.45, 2.75) is 77.0 Å². The highest BCUT2D eigenvalue weighted by molar-refractivity contribution is 7.90. The molecule has 2 N–H and O–H groups in total. The number of anilines is 1. The van der Waals surface area contributed by atoms with Crippen LogP contribution in [-0.4, -0.2) is 109 Å². The second-order valence-electron chi connectivity index (χ2n) is 18.7. The number of halogens is 2. The first-order valence-electron chi connectivity index (χ1n) is 22.5. The third-order valence-electron chi connectivity index (χ3n) is 11.8. The summed E-state index contributed by atoms with van der Waals surface area (Å²) >= 11 is 6.20. The third kappa shape index (κ3) is 12.4. The van der Waals surface area contributed by atoms with Gasteiger partial charge in [0.05, 0.1) is 21.6 Å². The number of piperazine rings is 1. The summed E-state index contributed by atoms with van der Waals surface area (Å²) in [7, 11) is -4.73. The number of piperidine rings is 1. The number of nitro benzene ring substituents is 1. The standard InChI is InChI=1S/C49H57ClFN7O9S/c1-32(2)25-41(34-7-9-36(50)10-8-34)33(3)30-55-21-23-56(24-22-55)37-11-13-40(44(27-37)66-38-26-35-15-18-52-45(35)53-29-38)46(59)54-68(63,64)39-12-14-43(42(28-39)58(61)62)65-31-49(51)16-19-57(20-17-49)47(60)67-48(4,5)6/h7-15,18,26-29,32H,16-17,19-25,30-31H2,1-6H3,(H,52,53)(H,54,59)/b41-33-. The zero-order valence-electron chi connectivity index (χ0n) is 39.0. The van der Waals surface area contributed by atoms with E-state index in [-0.39, 0.29) is 43.0 Å². The molecule has 0 bridgehead atoms. The Morgan fingerprint density at radius 1 is 0.971 bits per heavy atom. The number of carbonyl (C=O) groups is 2. The van der Waals surface area contributed by atoms with E-state index in [1.807, 2.05) is 22.9 Å². The minimum absolute atomic E-state index is 0.0451. The van der Waals surface area contributed by atoms with Crippen LogP contribution in [-0.2, 0) is 14.8 Å². The number of nitrogens with one attached hydrogen (secondary N) is 2. The van der Waals surface area contributed by atoms with Crippen molar-refractivity contribution < 1.29 is 41.5 Å². The number of nitrogens with zero attached hydrogens (tertiary/aromatic N) is 5. The number of amides is 2. The molecule has 0 spiro atoms. The molecule has 0 saturated carbocycles. The van der Waals surface area contributed by atoms with Gasteiger partial charge in [-0.05, 0) is 99.7 Å².